The van der Waals surface area contributed by atoms with E-state index in [1.165, 1.54) is 16.5 Å². The Morgan fingerprint density at radius 2 is 2.00 bits per heavy atom. The standard InChI is InChI=1S/C14H17N/c1-4-11-7-8-15-14-6-5-12(10(2)3)9-13(11)14/h5-10H,4H2,1-3H3. The first-order valence-electron chi connectivity index (χ1n) is 5.60. The second-order valence-corrected chi connectivity index (χ2v) is 4.25. The molecule has 1 nitrogen and oxygen atoms in total. The summed E-state index contributed by atoms with van der Waals surface area (Å²) in [5.74, 6) is 0.583. The number of fused-ring (bicyclic) bond motifs is 1. The monoisotopic (exact) mass is 199 g/mol. The van der Waals surface area contributed by atoms with Gasteiger partial charge in [0.1, 0.15) is 0 Å². The van der Waals surface area contributed by atoms with Crippen molar-refractivity contribution in [2.75, 3.05) is 0 Å². The number of pyridine rings is 1. The van der Waals surface area contributed by atoms with Crippen molar-refractivity contribution in [3.8, 4) is 0 Å². The van der Waals surface area contributed by atoms with Crippen LogP contribution in [0.15, 0.2) is 30.5 Å². The molecule has 15 heavy (non-hydrogen) atoms. The Labute approximate surface area is 91.2 Å². The van der Waals surface area contributed by atoms with Crippen LogP contribution >= 0.6 is 0 Å². The van der Waals surface area contributed by atoms with Gasteiger partial charge in [0.05, 0.1) is 5.52 Å². The molecule has 0 aliphatic rings. The van der Waals surface area contributed by atoms with Gasteiger partial charge in [0, 0.05) is 11.6 Å². The molecule has 1 heterocycles. The summed E-state index contributed by atoms with van der Waals surface area (Å²) in [5.41, 5.74) is 3.89. The molecule has 1 heteroatoms. The molecule has 1 aromatic heterocycles. The van der Waals surface area contributed by atoms with E-state index in [0.717, 1.165) is 11.9 Å². The molecular weight excluding hydrogens is 182 g/mol. The minimum atomic E-state index is 0.583. The van der Waals surface area contributed by atoms with E-state index < -0.39 is 0 Å². The second kappa shape index (κ2) is 4.01. The van der Waals surface area contributed by atoms with Crippen molar-refractivity contribution in [2.24, 2.45) is 0 Å². The fraction of sp³-hybridized carbons (Fsp3) is 0.357. The summed E-state index contributed by atoms with van der Waals surface area (Å²) in [7, 11) is 0. The Balaban J connectivity index is 2.67. The first-order chi connectivity index (χ1) is 7.22. The average Bonchev–Trinajstić information content (AvgIpc) is 2.27. The van der Waals surface area contributed by atoms with Crippen LogP contribution in [0, 0.1) is 0 Å². The van der Waals surface area contributed by atoms with Crippen LogP contribution in [0.3, 0.4) is 0 Å². The van der Waals surface area contributed by atoms with Crippen LogP contribution in [0.25, 0.3) is 10.9 Å². The molecule has 0 aliphatic carbocycles. The van der Waals surface area contributed by atoms with Crippen molar-refractivity contribution in [3.05, 3.63) is 41.6 Å². The van der Waals surface area contributed by atoms with Gasteiger partial charge in [-0.05, 0) is 41.7 Å². The van der Waals surface area contributed by atoms with Crippen molar-refractivity contribution in [1.82, 2.24) is 4.98 Å². The second-order valence-electron chi connectivity index (χ2n) is 4.25. The fourth-order valence-electron chi connectivity index (χ4n) is 1.89. The molecule has 78 valence electrons. The highest BCUT2D eigenvalue weighted by atomic mass is 14.6. The van der Waals surface area contributed by atoms with Crippen molar-refractivity contribution in [3.63, 3.8) is 0 Å². The minimum absolute atomic E-state index is 0.583. The molecule has 0 amide bonds. The first kappa shape index (κ1) is 10.2. The molecule has 0 radical (unpaired) electrons. The quantitative estimate of drug-likeness (QED) is 0.714. The molecule has 0 saturated heterocycles. The third-order valence-electron chi connectivity index (χ3n) is 2.90. The molecule has 0 aliphatic heterocycles. The lowest BCUT2D eigenvalue weighted by Gasteiger charge is -2.08. The van der Waals surface area contributed by atoms with Gasteiger partial charge in [0.25, 0.3) is 0 Å². The highest BCUT2D eigenvalue weighted by Gasteiger charge is 2.03. The van der Waals surface area contributed by atoms with Gasteiger partial charge in [-0.15, -0.1) is 0 Å². The Bertz CT molecular complexity index is 472. The molecule has 1 aromatic carbocycles. The van der Waals surface area contributed by atoms with Gasteiger partial charge < -0.3 is 0 Å². The summed E-state index contributed by atoms with van der Waals surface area (Å²) < 4.78 is 0. The number of hydrogen-bond acceptors (Lipinski definition) is 1. The number of aryl methyl sites for hydroxylation is 1. The lowest BCUT2D eigenvalue weighted by Crippen LogP contribution is -1.91. The van der Waals surface area contributed by atoms with Gasteiger partial charge in [-0.3, -0.25) is 4.98 Å². The minimum Gasteiger partial charge on any atom is -0.256 e. The molecule has 2 rings (SSSR count). The lowest BCUT2D eigenvalue weighted by atomic mass is 9.98. The molecular formula is C14H17N. The average molecular weight is 199 g/mol. The Hall–Kier alpha value is -1.37. The summed E-state index contributed by atoms with van der Waals surface area (Å²) in [6.45, 7) is 6.64. The van der Waals surface area contributed by atoms with E-state index in [2.05, 4.69) is 50.0 Å². The first-order valence-corrected chi connectivity index (χ1v) is 5.60. The SMILES string of the molecule is CCc1ccnc2ccc(C(C)C)cc12. The van der Waals surface area contributed by atoms with E-state index in [9.17, 15) is 0 Å². The summed E-state index contributed by atoms with van der Waals surface area (Å²) in [6.07, 6.45) is 2.97. The van der Waals surface area contributed by atoms with E-state index in [-0.39, 0.29) is 0 Å². The van der Waals surface area contributed by atoms with Crippen LogP contribution in [0.1, 0.15) is 37.8 Å². The number of rotatable bonds is 2. The molecule has 0 saturated carbocycles. The maximum Gasteiger partial charge on any atom is 0.0704 e. The molecule has 2 aromatic rings. The molecule has 0 spiro atoms. The maximum atomic E-state index is 4.39. The maximum absolute atomic E-state index is 4.39. The van der Waals surface area contributed by atoms with Crippen LogP contribution in [0.5, 0.6) is 0 Å². The van der Waals surface area contributed by atoms with Gasteiger partial charge in [0.2, 0.25) is 0 Å². The van der Waals surface area contributed by atoms with E-state index in [1.807, 2.05) is 6.20 Å². The number of nitrogens with zero attached hydrogens (tertiary/aromatic N) is 1. The van der Waals surface area contributed by atoms with Crippen molar-refractivity contribution >= 4 is 10.9 Å². The van der Waals surface area contributed by atoms with Gasteiger partial charge in [-0.25, -0.2) is 0 Å². The van der Waals surface area contributed by atoms with Crippen LogP contribution < -0.4 is 0 Å². The predicted octanol–water partition coefficient (Wildman–Crippen LogP) is 3.92. The molecule has 0 unspecified atom stereocenters. The fourth-order valence-corrected chi connectivity index (χ4v) is 1.89. The Kier molecular flexibility index (Phi) is 2.72. The van der Waals surface area contributed by atoms with Gasteiger partial charge in [-0.1, -0.05) is 26.8 Å². The zero-order valence-electron chi connectivity index (χ0n) is 9.62. The highest BCUT2D eigenvalue weighted by Crippen LogP contribution is 2.22. The van der Waals surface area contributed by atoms with Crippen LogP contribution in [-0.2, 0) is 6.42 Å². The lowest BCUT2D eigenvalue weighted by molar-refractivity contribution is 0.868. The third-order valence-corrected chi connectivity index (χ3v) is 2.90. The Morgan fingerprint density at radius 1 is 1.20 bits per heavy atom. The summed E-state index contributed by atoms with van der Waals surface area (Å²) >= 11 is 0. The number of aromatic nitrogens is 1. The third kappa shape index (κ3) is 1.87. The van der Waals surface area contributed by atoms with Gasteiger partial charge in [0.15, 0.2) is 0 Å². The highest BCUT2D eigenvalue weighted by molar-refractivity contribution is 5.82. The largest absolute Gasteiger partial charge is 0.256 e. The van der Waals surface area contributed by atoms with Crippen molar-refractivity contribution in [1.29, 1.82) is 0 Å². The normalized spacial score (nSPS) is 11.2. The van der Waals surface area contributed by atoms with E-state index in [4.69, 9.17) is 0 Å². The van der Waals surface area contributed by atoms with Crippen LogP contribution in [-0.4, -0.2) is 4.98 Å². The zero-order valence-corrected chi connectivity index (χ0v) is 9.62. The Morgan fingerprint density at radius 3 is 2.67 bits per heavy atom. The van der Waals surface area contributed by atoms with Crippen molar-refractivity contribution < 1.29 is 0 Å². The molecule has 0 atom stereocenters. The number of benzene rings is 1. The van der Waals surface area contributed by atoms with Crippen LogP contribution in [0.2, 0.25) is 0 Å². The summed E-state index contributed by atoms with van der Waals surface area (Å²) in [5, 5.41) is 1.31. The van der Waals surface area contributed by atoms with E-state index >= 15 is 0 Å². The van der Waals surface area contributed by atoms with Crippen LogP contribution in [0.4, 0.5) is 0 Å². The van der Waals surface area contributed by atoms with Gasteiger partial charge in [-0.2, -0.15) is 0 Å². The smallest absolute Gasteiger partial charge is 0.0704 e. The summed E-state index contributed by atoms with van der Waals surface area (Å²) in [6, 6.07) is 8.71. The molecule has 0 fully saturated rings. The zero-order chi connectivity index (χ0) is 10.8. The van der Waals surface area contributed by atoms with E-state index in [0.29, 0.717) is 5.92 Å². The predicted molar refractivity (Wildman–Crippen MR) is 65.2 cm³/mol. The van der Waals surface area contributed by atoms with E-state index in [1.54, 1.807) is 0 Å². The summed E-state index contributed by atoms with van der Waals surface area (Å²) in [4.78, 5) is 4.39. The molecule has 0 N–H and O–H groups in total. The number of hydrogen-bond donors (Lipinski definition) is 0. The van der Waals surface area contributed by atoms with Crippen molar-refractivity contribution in [2.45, 2.75) is 33.1 Å². The van der Waals surface area contributed by atoms with Gasteiger partial charge >= 0.3 is 0 Å². The molecule has 0 bridgehead atoms. The topological polar surface area (TPSA) is 12.9 Å².